The second-order valence-corrected chi connectivity index (χ2v) is 5.31. The topological polar surface area (TPSA) is 58.9 Å². The SMILES string of the molecule is CC1(C)O[C@@H]2[C@@H](O1)[C@H](O)CSC[C@H]2O. The van der Waals surface area contributed by atoms with Crippen molar-refractivity contribution < 1.29 is 19.7 Å². The van der Waals surface area contributed by atoms with Crippen LogP contribution >= 0.6 is 11.8 Å². The molecular weight excluding hydrogens is 204 g/mol. The maximum absolute atomic E-state index is 9.77. The molecule has 2 aliphatic rings. The van der Waals surface area contributed by atoms with Crippen molar-refractivity contribution in [2.24, 2.45) is 0 Å². The first-order valence-electron chi connectivity index (χ1n) is 4.79. The molecule has 2 rings (SSSR count). The normalized spacial score (nSPS) is 47.1. The third-order valence-electron chi connectivity index (χ3n) is 2.50. The van der Waals surface area contributed by atoms with Crippen molar-refractivity contribution in [3.63, 3.8) is 0 Å². The van der Waals surface area contributed by atoms with Gasteiger partial charge in [0.25, 0.3) is 0 Å². The summed E-state index contributed by atoms with van der Waals surface area (Å²) in [5, 5.41) is 19.5. The third-order valence-corrected chi connectivity index (χ3v) is 3.65. The fourth-order valence-corrected chi connectivity index (χ4v) is 2.91. The van der Waals surface area contributed by atoms with Gasteiger partial charge in [-0.2, -0.15) is 11.8 Å². The van der Waals surface area contributed by atoms with E-state index in [9.17, 15) is 10.2 Å². The largest absolute Gasteiger partial charge is 0.389 e. The molecule has 2 N–H and O–H groups in total. The van der Waals surface area contributed by atoms with Crippen LogP contribution in [0.2, 0.25) is 0 Å². The predicted octanol–water partition coefficient (Wildman–Crippen LogP) is -0.0249. The van der Waals surface area contributed by atoms with Crippen LogP contribution in [-0.4, -0.2) is 51.9 Å². The van der Waals surface area contributed by atoms with E-state index in [1.807, 2.05) is 0 Å². The molecule has 2 saturated heterocycles. The second-order valence-electron chi connectivity index (χ2n) is 4.24. The minimum Gasteiger partial charge on any atom is -0.389 e. The molecule has 4 nitrogen and oxygen atoms in total. The van der Waals surface area contributed by atoms with Crippen molar-refractivity contribution in [3.8, 4) is 0 Å². The fraction of sp³-hybridized carbons (Fsp3) is 1.00. The molecule has 2 fully saturated rings. The number of aliphatic hydroxyl groups excluding tert-OH is 2. The van der Waals surface area contributed by atoms with Crippen LogP contribution in [0.1, 0.15) is 13.8 Å². The van der Waals surface area contributed by atoms with Crippen LogP contribution in [0.25, 0.3) is 0 Å². The Balaban J connectivity index is 2.16. The van der Waals surface area contributed by atoms with Gasteiger partial charge >= 0.3 is 0 Å². The summed E-state index contributed by atoms with van der Waals surface area (Å²) in [5.41, 5.74) is 0. The number of aliphatic hydroxyl groups is 2. The molecule has 0 spiro atoms. The van der Waals surface area contributed by atoms with Crippen LogP contribution in [-0.2, 0) is 9.47 Å². The van der Waals surface area contributed by atoms with Crippen LogP contribution < -0.4 is 0 Å². The van der Waals surface area contributed by atoms with E-state index in [0.717, 1.165) is 0 Å². The molecule has 0 amide bonds. The average Bonchev–Trinajstić information content (AvgIpc) is 2.35. The molecule has 0 aromatic heterocycles. The molecule has 0 bridgehead atoms. The molecule has 0 aromatic rings. The zero-order valence-corrected chi connectivity index (χ0v) is 9.16. The van der Waals surface area contributed by atoms with Crippen molar-refractivity contribution in [3.05, 3.63) is 0 Å². The van der Waals surface area contributed by atoms with Gasteiger partial charge in [0, 0.05) is 11.5 Å². The summed E-state index contributed by atoms with van der Waals surface area (Å²) < 4.78 is 11.1. The monoisotopic (exact) mass is 220 g/mol. The molecular formula is C9H16O4S. The summed E-state index contributed by atoms with van der Waals surface area (Å²) >= 11 is 1.53. The van der Waals surface area contributed by atoms with E-state index >= 15 is 0 Å². The quantitative estimate of drug-likeness (QED) is 0.600. The van der Waals surface area contributed by atoms with Gasteiger partial charge in [-0.05, 0) is 13.8 Å². The molecule has 4 atom stereocenters. The van der Waals surface area contributed by atoms with Crippen molar-refractivity contribution in [2.45, 2.75) is 44.1 Å². The zero-order chi connectivity index (χ0) is 10.3. The highest BCUT2D eigenvalue weighted by molar-refractivity contribution is 7.99. The number of fused-ring (bicyclic) bond motifs is 1. The van der Waals surface area contributed by atoms with E-state index in [1.54, 1.807) is 13.8 Å². The summed E-state index contributed by atoms with van der Waals surface area (Å²) in [7, 11) is 0. The Labute approximate surface area is 87.6 Å². The average molecular weight is 220 g/mol. The number of hydrogen-bond acceptors (Lipinski definition) is 5. The van der Waals surface area contributed by atoms with Crippen LogP contribution in [0, 0.1) is 0 Å². The van der Waals surface area contributed by atoms with Gasteiger partial charge in [0.05, 0.1) is 12.2 Å². The number of rotatable bonds is 0. The van der Waals surface area contributed by atoms with Crippen molar-refractivity contribution in [1.82, 2.24) is 0 Å². The van der Waals surface area contributed by atoms with Crippen molar-refractivity contribution >= 4 is 11.8 Å². The lowest BCUT2D eigenvalue weighted by molar-refractivity contribution is -0.159. The minimum atomic E-state index is -0.695. The smallest absolute Gasteiger partial charge is 0.164 e. The van der Waals surface area contributed by atoms with Crippen LogP contribution in [0.15, 0.2) is 0 Å². The minimum absolute atomic E-state index is 0.394. The van der Waals surface area contributed by atoms with Crippen LogP contribution in [0.3, 0.4) is 0 Å². The first kappa shape index (κ1) is 10.7. The molecule has 0 radical (unpaired) electrons. The van der Waals surface area contributed by atoms with Crippen LogP contribution in [0.4, 0.5) is 0 Å². The van der Waals surface area contributed by atoms with E-state index in [2.05, 4.69) is 0 Å². The number of thioether (sulfide) groups is 1. The van der Waals surface area contributed by atoms with Gasteiger partial charge in [-0.3, -0.25) is 0 Å². The molecule has 82 valence electrons. The van der Waals surface area contributed by atoms with E-state index in [-0.39, 0.29) is 0 Å². The lowest BCUT2D eigenvalue weighted by Crippen LogP contribution is -2.41. The molecule has 2 heterocycles. The van der Waals surface area contributed by atoms with Gasteiger partial charge in [-0.25, -0.2) is 0 Å². The lowest BCUT2D eigenvalue weighted by Gasteiger charge is -2.20. The first-order chi connectivity index (χ1) is 6.49. The molecule has 0 saturated carbocycles. The third kappa shape index (κ3) is 1.92. The predicted molar refractivity (Wildman–Crippen MR) is 53.2 cm³/mol. The summed E-state index contributed by atoms with van der Waals surface area (Å²) in [5.74, 6) is 0.495. The van der Waals surface area contributed by atoms with Gasteiger partial charge in [0.2, 0.25) is 0 Å². The summed E-state index contributed by atoms with van der Waals surface area (Å²) in [6.07, 6.45) is -1.89. The Bertz CT molecular complexity index is 201. The van der Waals surface area contributed by atoms with E-state index < -0.39 is 30.2 Å². The van der Waals surface area contributed by atoms with Gasteiger partial charge in [-0.15, -0.1) is 0 Å². The highest BCUT2D eigenvalue weighted by Gasteiger charge is 2.49. The molecule has 0 aliphatic carbocycles. The van der Waals surface area contributed by atoms with E-state index in [4.69, 9.17) is 9.47 Å². The lowest BCUT2D eigenvalue weighted by atomic mass is 10.1. The van der Waals surface area contributed by atoms with Crippen LogP contribution in [0.5, 0.6) is 0 Å². The van der Waals surface area contributed by atoms with E-state index in [0.29, 0.717) is 11.5 Å². The number of ether oxygens (including phenoxy) is 2. The van der Waals surface area contributed by atoms with Gasteiger partial charge in [-0.1, -0.05) is 0 Å². The Morgan fingerprint density at radius 2 is 1.50 bits per heavy atom. The van der Waals surface area contributed by atoms with Crippen molar-refractivity contribution in [2.75, 3.05) is 11.5 Å². The molecule has 0 aromatic carbocycles. The fourth-order valence-electron chi connectivity index (χ4n) is 1.91. The second kappa shape index (κ2) is 3.64. The summed E-state index contributed by atoms with van der Waals surface area (Å²) in [4.78, 5) is 0. The maximum atomic E-state index is 9.77. The van der Waals surface area contributed by atoms with E-state index in [1.165, 1.54) is 11.8 Å². The zero-order valence-electron chi connectivity index (χ0n) is 8.34. The highest BCUT2D eigenvalue weighted by Crippen LogP contribution is 2.35. The van der Waals surface area contributed by atoms with Gasteiger partial charge in [0.15, 0.2) is 5.79 Å². The Kier molecular flexibility index (Phi) is 2.79. The first-order valence-corrected chi connectivity index (χ1v) is 5.94. The van der Waals surface area contributed by atoms with Gasteiger partial charge < -0.3 is 19.7 Å². The molecule has 5 heteroatoms. The number of hydrogen-bond donors (Lipinski definition) is 2. The molecule has 14 heavy (non-hydrogen) atoms. The Morgan fingerprint density at radius 1 is 1.07 bits per heavy atom. The maximum Gasteiger partial charge on any atom is 0.164 e. The summed E-state index contributed by atoms with van der Waals surface area (Å²) in [6, 6.07) is 0. The molecule has 2 aliphatic heterocycles. The standard InChI is InChI=1S/C9H16O4S/c1-9(2)12-7-5(10)3-14-4-6(11)8(7)13-9/h5-8,10-11H,3-4H2,1-2H3/t5-,6-,7+,8+/m1/s1. The highest BCUT2D eigenvalue weighted by atomic mass is 32.2. The Hall–Kier alpha value is 0.190. The van der Waals surface area contributed by atoms with Crippen molar-refractivity contribution in [1.29, 1.82) is 0 Å². The summed E-state index contributed by atoms with van der Waals surface area (Å²) in [6.45, 7) is 3.60. The Morgan fingerprint density at radius 3 is 1.93 bits per heavy atom. The molecule has 0 unspecified atom stereocenters. The van der Waals surface area contributed by atoms with Gasteiger partial charge in [0.1, 0.15) is 12.2 Å².